The van der Waals surface area contributed by atoms with E-state index < -0.39 is 11.5 Å². The lowest BCUT2D eigenvalue weighted by molar-refractivity contribution is -0.148. The maximum atomic E-state index is 11.8. The zero-order valence-corrected chi connectivity index (χ0v) is 10.9. The van der Waals surface area contributed by atoms with E-state index in [1.807, 2.05) is 18.2 Å². The van der Waals surface area contributed by atoms with Crippen molar-refractivity contribution in [1.29, 1.82) is 0 Å². The molecule has 6 nitrogen and oxygen atoms in total. The van der Waals surface area contributed by atoms with E-state index in [4.69, 9.17) is 20.9 Å². The number of ether oxygens (including phenoxy) is 2. The van der Waals surface area contributed by atoms with Crippen LogP contribution >= 0.6 is 0 Å². The largest absolute Gasteiger partial charge is 0.496 e. The van der Waals surface area contributed by atoms with Crippen molar-refractivity contribution in [3.05, 3.63) is 29.3 Å². The molecule has 0 aliphatic carbocycles. The summed E-state index contributed by atoms with van der Waals surface area (Å²) in [6.07, 6.45) is 1.08. The van der Waals surface area contributed by atoms with Gasteiger partial charge in [0.05, 0.1) is 13.7 Å². The van der Waals surface area contributed by atoms with Gasteiger partial charge in [-0.2, -0.15) is 0 Å². The van der Waals surface area contributed by atoms with E-state index in [0.717, 1.165) is 16.9 Å². The van der Waals surface area contributed by atoms with Gasteiger partial charge in [0, 0.05) is 17.5 Å². The van der Waals surface area contributed by atoms with Crippen molar-refractivity contribution in [2.75, 3.05) is 20.3 Å². The molecule has 0 saturated heterocycles. The Hall–Kier alpha value is -1.63. The normalized spacial score (nSPS) is 21.2. The Labute approximate surface area is 112 Å². The van der Waals surface area contributed by atoms with Crippen LogP contribution in [0.3, 0.4) is 0 Å². The molecule has 1 atom stereocenters. The summed E-state index contributed by atoms with van der Waals surface area (Å²) in [6, 6.07) is 5.57. The SMILES string of the molecule is COc1cccc2c1CCOC2(CCN)C(N)=O.O. The summed E-state index contributed by atoms with van der Waals surface area (Å²) in [5.41, 5.74) is 11.8. The Kier molecular flexibility index (Phi) is 4.88. The first-order chi connectivity index (χ1) is 8.65. The number of methoxy groups -OCH3 is 1. The number of rotatable bonds is 4. The Bertz CT molecular complexity index is 464. The van der Waals surface area contributed by atoms with Crippen LogP contribution in [0.2, 0.25) is 0 Å². The number of carbonyl (C=O) groups excluding carboxylic acids is 1. The molecule has 1 aromatic rings. The number of amides is 1. The molecular weight excluding hydrogens is 248 g/mol. The van der Waals surface area contributed by atoms with Gasteiger partial charge in [-0.25, -0.2) is 0 Å². The topological polar surface area (TPSA) is 119 Å². The molecule has 1 aliphatic rings. The summed E-state index contributed by atoms with van der Waals surface area (Å²) < 4.78 is 11.0. The van der Waals surface area contributed by atoms with Gasteiger partial charge in [-0.05, 0) is 19.0 Å². The van der Waals surface area contributed by atoms with Crippen molar-refractivity contribution >= 4 is 5.91 Å². The van der Waals surface area contributed by atoms with Crippen LogP contribution in [0.1, 0.15) is 17.5 Å². The maximum absolute atomic E-state index is 11.8. The molecule has 0 aromatic heterocycles. The van der Waals surface area contributed by atoms with E-state index in [1.54, 1.807) is 7.11 Å². The van der Waals surface area contributed by atoms with Crippen molar-refractivity contribution in [2.45, 2.75) is 18.4 Å². The Morgan fingerprint density at radius 3 is 2.84 bits per heavy atom. The summed E-state index contributed by atoms with van der Waals surface area (Å²) in [7, 11) is 1.61. The summed E-state index contributed by atoms with van der Waals surface area (Å²) in [5.74, 6) is 0.264. The fraction of sp³-hybridized carbons (Fsp3) is 0.462. The molecule has 2 rings (SSSR count). The number of fused-ring (bicyclic) bond motifs is 1. The van der Waals surface area contributed by atoms with Crippen molar-refractivity contribution in [3.63, 3.8) is 0 Å². The van der Waals surface area contributed by atoms with E-state index in [0.29, 0.717) is 26.0 Å². The summed E-state index contributed by atoms with van der Waals surface area (Å²) >= 11 is 0. The molecule has 6 N–H and O–H groups in total. The van der Waals surface area contributed by atoms with Gasteiger partial charge in [-0.3, -0.25) is 4.79 Å². The monoisotopic (exact) mass is 268 g/mol. The van der Waals surface area contributed by atoms with Crippen molar-refractivity contribution in [3.8, 4) is 5.75 Å². The average Bonchev–Trinajstić information content (AvgIpc) is 2.38. The minimum atomic E-state index is -1.11. The lowest BCUT2D eigenvalue weighted by atomic mass is 9.83. The van der Waals surface area contributed by atoms with Gasteiger partial charge in [-0.15, -0.1) is 0 Å². The number of hydrogen-bond acceptors (Lipinski definition) is 4. The molecule has 1 aromatic carbocycles. The molecule has 1 aliphatic heterocycles. The fourth-order valence-corrected chi connectivity index (χ4v) is 2.54. The van der Waals surface area contributed by atoms with Crippen LogP contribution < -0.4 is 16.2 Å². The Morgan fingerprint density at radius 2 is 2.26 bits per heavy atom. The zero-order chi connectivity index (χ0) is 13.2. The highest BCUT2D eigenvalue weighted by atomic mass is 16.5. The average molecular weight is 268 g/mol. The summed E-state index contributed by atoms with van der Waals surface area (Å²) in [5, 5.41) is 0. The number of primary amides is 1. The van der Waals surface area contributed by atoms with Crippen LogP contribution in [0.5, 0.6) is 5.75 Å². The molecule has 1 unspecified atom stereocenters. The second-order valence-corrected chi connectivity index (χ2v) is 4.31. The smallest absolute Gasteiger partial charge is 0.254 e. The molecule has 0 spiro atoms. The molecule has 0 radical (unpaired) electrons. The van der Waals surface area contributed by atoms with Crippen molar-refractivity contribution in [2.24, 2.45) is 11.5 Å². The van der Waals surface area contributed by atoms with Crippen LogP contribution in [0.4, 0.5) is 0 Å². The van der Waals surface area contributed by atoms with Crippen molar-refractivity contribution < 1.29 is 19.7 Å². The predicted molar refractivity (Wildman–Crippen MR) is 70.8 cm³/mol. The standard InChI is InChI=1S/C13H18N2O3.H2O/c1-17-11-4-2-3-10-9(11)5-8-18-13(10,6-7-14)12(15)16;/h2-4H,5-8,14H2,1H3,(H2,15,16);1H2. The fourth-order valence-electron chi connectivity index (χ4n) is 2.54. The van der Waals surface area contributed by atoms with Crippen LogP contribution in [0.25, 0.3) is 0 Å². The first kappa shape index (κ1) is 15.4. The third kappa shape index (κ3) is 2.42. The van der Waals surface area contributed by atoms with E-state index >= 15 is 0 Å². The molecule has 1 heterocycles. The van der Waals surface area contributed by atoms with Gasteiger partial charge in [0.15, 0.2) is 5.60 Å². The molecule has 0 saturated carbocycles. The van der Waals surface area contributed by atoms with E-state index in [1.165, 1.54) is 0 Å². The first-order valence-corrected chi connectivity index (χ1v) is 5.96. The van der Waals surface area contributed by atoms with Gasteiger partial charge >= 0.3 is 0 Å². The predicted octanol–water partition coefficient (Wildman–Crippen LogP) is -0.527. The molecule has 106 valence electrons. The number of nitrogens with two attached hydrogens (primary N) is 2. The van der Waals surface area contributed by atoms with Crippen LogP contribution in [0, 0.1) is 0 Å². The van der Waals surface area contributed by atoms with Gasteiger partial charge in [0.2, 0.25) is 0 Å². The Balaban J connectivity index is 0.00000180. The molecule has 1 amide bonds. The van der Waals surface area contributed by atoms with Gasteiger partial charge < -0.3 is 26.4 Å². The second kappa shape index (κ2) is 6.01. The minimum Gasteiger partial charge on any atom is -0.496 e. The molecule has 6 heteroatoms. The number of benzene rings is 1. The minimum absolute atomic E-state index is 0. The van der Waals surface area contributed by atoms with Crippen LogP contribution in [-0.4, -0.2) is 31.6 Å². The third-order valence-electron chi connectivity index (χ3n) is 3.38. The maximum Gasteiger partial charge on any atom is 0.254 e. The third-order valence-corrected chi connectivity index (χ3v) is 3.38. The highest BCUT2D eigenvalue weighted by Crippen LogP contribution is 2.39. The van der Waals surface area contributed by atoms with Gasteiger partial charge in [-0.1, -0.05) is 12.1 Å². The molecule has 0 fully saturated rings. The number of carbonyl (C=O) groups is 1. The quantitative estimate of drug-likeness (QED) is 0.763. The highest BCUT2D eigenvalue weighted by molar-refractivity contribution is 5.86. The molecular formula is C13H20N2O4. The van der Waals surface area contributed by atoms with E-state index in [-0.39, 0.29) is 5.48 Å². The lowest BCUT2D eigenvalue weighted by Crippen LogP contribution is -2.48. The zero-order valence-electron chi connectivity index (χ0n) is 10.9. The first-order valence-electron chi connectivity index (χ1n) is 5.96. The van der Waals surface area contributed by atoms with E-state index in [9.17, 15) is 4.79 Å². The van der Waals surface area contributed by atoms with Gasteiger partial charge in [0.25, 0.3) is 5.91 Å². The Morgan fingerprint density at radius 1 is 1.53 bits per heavy atom. The molecule has 19 heavy (non-hydrogen) atoms. The van der Waals surface area contributed by atoms with Crippen molar-refractivity contribution in [1.82, 2.24) is 0 Å². The van der Waals surface area contributed by atoms with Crippen LogP contribution in [0.15, 0.2) is 18.2 Å². The molecule has 0 bridgehead atoms. The number of hydrogen-bond donors (Lipinski definition) is 2. The van der Waals surface area contributed by atoms with Gasteiger partial charge in [0.1, 0.15) is 5.75 Å². The van der Waals surface area contributed by atoms with Crippen LogP contribution in [-0.2, 0) is 21.6 Å². The highest BCUT2D eigenvalue weighted by Gasteiger charge is 2.43. The summed E-state index contributed by atoms with van der Waals surface area (Å²) in [4.78, 5) is 11.8. The van der Waals surface area contributed by atoms with E-state index in [2.05, 4.69) is 0 Å². The second-order valence-electron chi connectivity index (χ2n) is 4.31. The summed E-state index contributed by atoms with van der Waals surface area (Å²) in [6.45, 7) is 0.774. The lowest BCUT2D eigenvalue weighted by Gasteiger charge is -2.36.